The molecule has 0 spiro atoms. The number of nitrogens with zero attached hydrogens (tertiary/aromatic N) is 1. The smallest absolute Gasteiger partial charge is 0.308 e. The molecule has 0 radical (unpaired) electrons. The van der Waals surface area contributed by atoms with Crippen LogP contribution in [0.2, 0.25) is 0 Å². The monoisotopic (exact) mass is 251 g/mol. The number of carboxylic acids is 1. The average molecular weight is 251 g/mol. The van der Waals surface area contributed by atoms with Crippen LogP contribution in [0, 0.1) is 11.8 Å². The minimum atomic E-state index is -3.25. The zero-order valence-electron chi connectivity index (χ0n) is 10.3. The van der Waals surface area contributed by atoms with Crippen LogP contribution in [0.15, 0.2) is 0 Å². The Labute approximate surface area is 97.4 Å². The van der Waals surface area contributed by atoms with Gasteiger partial charge in [-0.05, 0) is 13.0 Å². The van der Waals surface area contributed by atoms with Crippen LogP contribution in [0.5, 0.6) is 0 Å². The number of rotatable bonds is 7. The van der Waals surface area contributed by atoms with E-state index in [0.717, 1.165) is 12.8 Å². The van der Waals surface area contributed by atoms with Crippen molar-refractivity contribution in [1.29, 1.82) is 0 Å². The number of hydrogen-bond acceptors (Lipinski definition) is 4. The molecule has 0 aromatic rings. The van der Waals surface area contributed by atoms with E-state index in [-0.39, 0.29) is 12.3 Å². The van der Waals surface area contributed by atoms with Gasteiger partial charge in [0.15, 0.2) is 0 Å². The predicted molar refractivity (Wildman–Crippen MR) is 63.2 cm³/mol. The van der Waals surface area contributed by atoms with Gasteiger partial charge in [0.1, 0.15) is 9.84 Å². The fourth-order valence-electron chi connectivity index (χ4n) is 1.64. The highest BCUT2D eigenvalue weighted by atomic mass is 32.2. The summed E-state index contributed by atoms with van der Waals surface area (Å²) >= 11 is 0. The molecule has 16 heavy (non-hydrogen) atoms. The first-order valence-corrected chi connectivity index (χ1v) is 7.27. The third kappa shape index (κ3) is 7.64. The molecule has 1 N–H and O–H groups in total. The van der Waals surface area contributed by atoms with Gasteiger partial charge in [0, 0.05) is 19.3 Å². The van der Waals surface area contributed by atoms with Gasteiger partial charge in [0.2, 0.25) is 0 Å². The van der Waals surface area contributed by atoms with E-state index >= 15 is 0 Å². The van der Waals surface area contributed by atoms with Crippen LogP contribution >= 0.6 is 0 Å². The van der Waals surface area contributed by atoms with Gasteiger partial charge in [-0.2, -0.15) is 0 Å². The Morgan fingerprint density at radius 2 is 1.81 bits per heavy atom. The van der Waals surface area contributed by atoms with E-state index in [0.29, 0.717) is 5.92 Å². The van der Waals surface area contributed by atoms with E-state index in [1.165, 1.54) is 0 Å². The topological polar surface area (TPSA) is 74.7 Å². The first-order valence-electron chi connectivity index (χ1n) is 5.21. The van der Waals surface area contributed by atoms with Crippen LogP contribution in [0.1, 0.15) is 13.8 Å². The molecule has 1 atom stereocenters. The molecule has 5 nitrogen and oxygen atoms in total. The van der Waals surface area contributed by atoms with E-state index in [2.05, 4.69) is 0 Å². The molecule has 0 aromatic carbocycles. The third-order valence-corrected chi connectivity index (χ3v) is 3.07. The summed E-state index contributed by atoms with van der Waals surface area (Å²) in [6.45, 7) is 5.08. The van der Waals surface area contributed by atoms with E-state index in [1.54, 1.807) is 7.05 Å². The number of carboxylic acid groups (broad SMARTS) is 1. The van der Waals surface area contributed by atoms with Crippen molar-refractivity contribution in [2.75, 3.05) is 32.1 Å². The number of aliphatic carboxylic acids is 1. The molecular weight excluding hydrogens is 230 g/mol. The molecule has 0 aliphatic heterocycles. The Hall–Kier alpha value is -0.620. The predicted octanol–water partition coefficient (Wildman–Crippen LogP) is 0.320. The first kappa shape index (κ1) is 15.4. The average Bonchev–Trinajstić information content (AvgIpc) is 1.97. The van der Waals surface area contributed by atoms with Crippen molar-refractivity contribution in [2.45, 2.75) is 13.8 Å². The van der Waals surface area contributed by atoms with Crippen molar-refractivity contribution in [3.8, 4) is 0 Å². The zero-order valence-corrected chi connectivity index (χ0v) is 11.1. The van der Waals surface area contributed by atoms with Gasteiger partial charge in [0.25, 0.3) is 0 Å². The Kier molecular flexibility index (Phi) is 5.96. The fourth-order valence-corrected chi connectivity index (χ4v) is 2.62. The SMILES string of the molecule is CC(C)CN(C)CC(CS(C)(=O)=O)C(=O)O. The van der Waals surface area contributed by atoms with Crippen molar-refractivity contribution in [3.05, 3.63) is 0 Å². The minimum absolute atomic E-state index is 0.264. The lowest BCUT2D eigenvalue weighted by atomic mass is 10.1. The van der Waals surface area contributed by atoms with Crippen LogP contribution in [-0.4, -0.2) is 56.5 Å². The summed E-state index contributed by atoms with van der Waals surface area (Å²) in [5, 5.41) is 8.93. The van der Waals surface area contributed by atoms with Crippen LogP contribution in [-0.2, 0) is 14.6 Å². The van der Waals surface area contributed by atoms with E-state index in [4.69, 9.17) is 5.11 Å². The van der Waals surface area contributed by atoms with E-state index < -0.39 is 21.7 Å². The van der Waals surface area contributed by atoms with Gasteiger partial charge < -0.3 is 10.0 Å². The number of sulfone groups is 1. The van der Waals surface area contributed by atoms with Crippen LogP contribution < -0.4 is 0 Å². The molecule has 0 saturated heterocycles. The standard InChI is InChI=1S/C10H21NO4S/c1-8(2)5-11(3)6-9(10(12)13)7-16(4,14)15/h8-9H,5-7H2,1-4H3,(H,12,13). The van der Waals surface area contributed by atoms with Crippen molar-refractivity contribution in [1.82, 2.24) is 4.90 Å². The summed E-state index contributed by atoms with van der Waals surface area (Å²) < 4.78 is 22.1. The van der Waals surface area contributed by atoms with Crippen LogP contribution in [0.25, 0.3) is 0 Å². The molecule has 96 valence electrons. The maximum atomic E-state index is 11.1. The molecule has 0 aliphatic carbocycles. The molecule has 0 rings (SSSR count). The molecule has 6 heteroatoms. The van der Waals surface area contributed by atoms with Gasteiger partial charge >= 0.3 is 5.97 Å². The maximum Gasteiger partial charge on any atom is 0.308 e. The second kappa shape index (κ2) is 6.20. The molecule has 1 unspecified atom stereocenters. The second-order valence-corrected chi connectivity index (χ2v) is 6.93. The second-order valence-electron chi connectivity index (χ2n) is 4.74. The molecule has 0 bridgehead atoms. The van der Waals surface area contributed by atoms with E-state index in [9.17, 15) is 13.2 Å². The molecular formula is C10H21NO4S. The highest BCUT2D eigenvalue weighted by Crippen LogP contribution is 2.06. The van der Waals surface area contributed by atoms with Gasteiger partial charge in [-0.25, -0.2) is 8.42 Å². The van der Waals surface area contributed by atoms with E-state index in [1.807, 2.05) is 18.7 Å². The van der Waals surface area contributed by atoms with Crippen molar-refractivity contribution in [2.24, 2.45) is 11.8 Å². The molecule has 0 fully saturated rings. The van der Waals surface area contributed by atoms with Gasteiger partial charge in [-0.3, -0.25) is 4.79 Å². The summed E-state index contributed by atoms with van der Waals surface area (Å²) in [4.78, 5) is 12.8. The van der Waals surface area contributed by atoms with Gasteiger partial charge in [-0.1, -0.05) is 13.8 Å². The lowest BCUT2D eigenvalue weighted by molar-refractivity contribution is -0.141. The fraction of sp³-hybridized carbons (Fsp3) is 0.900. The summed E-state index contributed by atoms with van der Waals surface area (Å²) in [5.41, 5.74) is 0. The highest BCUT2D eigenvalue weighted by Gasteiger charge is 2.24. The van der Waals surface area contributed by atoms with Crippen LogP contribution in [0.3, 0.4) is 0 Å². The summed E-state index contributed by atoms with van der Waals surface area (Å²) in [7, 11) is -1.45. The summed E-state index contributed by atoms with van der Waals surface area (Å²) in [5.74, 6) is -1.78. The third-order valence-electron chi connectivity index (χ3n) is 2.06. The Balaban J connectivity index is 4.41. The quantitative estimate of drug-likeness (QED) is 0.705. The minimum Gasteiger partial charge on any atom is -0.481 e. The Bertz CT molecular complexity index is 324. The lowest BCUT2D eigenvalue weighted by Gasteiger charge is -2.22. The van der Waals surface area contributed by atoms with Crippen molar-refractivity contribution < 1.29 is 18.3 Å². The molecule has 0 amide bonds. The summed E-state index contributed by atoms with van der Waals surface area (Å²) in [6, 6.07) is 0. The summed E-state index contributed by atoms with van der Waals surface area (Å²) in [6.07, 6.45) is 1.06. The lowest BCUT2D eigenvalue weighted by Crippen LogP contribution is -2.36. The van der Waals surface area contributed by atoms with Gasteiger partial charge in [0.05, 0.1) is 11.7 Å². The Morgan fingerprint density at radius 1 is 1.31 bits per heavy atom. The van der Waals surface area contributed by atoms with Crippen molar-refractivity contribution >= 4 is 15.8 Å². The normalized spacial score (nSPS) is 14.4. The number of carbonyl (C=O) groups is 1. The Morgan fingerprint density at radius 3 is 2.12 bits per heavy atom. The molecule has 0 saturated carbocycles. The van der Waals surface area contributed by atoms with Gasteiger partial charge in [-0.15, -0.1) is 0 Å². The number of hydrogen-bond donors (Lipinski definition) is 1. The maximum absolute atomic E-state index is 11.1. The largest absolute Gasteiger partial charge is 0.481 e. The first-order chi connectivity index (χ1) is 7.11. The highest BCUT2D eigenvalue weighted by molar-refractivity contribution is 7.90. The molecule has 0 aromatic heterocycles. The van der Waals surface area contributed by atoms with Crippen molar-refractivity contribution in [3.63, 3.8) is 0 Å². The molecule has 0 heterocycles. The van der Waals surface area contributed by atoms with Crippen LogP contribution in [0.4, 0.5) is 0 Å². The molecule has 0 aliphatic rings. The zero-order chi connectivity index (χ0) is 12.9.